The summed E-state index contributed by atoms with van der Waals surface area (Å²) in [5, 5.41) is 13.1. The smallest absolute Gasteiger partial charge is 0.312 e. The van der Waals surface area contributed by atoms with Crippen LogP contribution >= 0.6 is 0 Å². The maximum Gasteiger partial charge on any atom is 0.312 e. The third-order valence-electron chi connectivity index (χ3n) is 3.80. The van der Waals surface area contributed by atoms with E-state index in [2.05, 4.69) is 0 Å². The molecule has 8 heteroatoms. The highest BCUT2D eigenvalue weighted by molar-refractivity contribution is 7.90. The van der Waals surface area contributed by atoms with Crippen molar-refractivity contribution < 1.29 is 22.8 Å². The van der Waals surface area contributed by atoms with Crippen LogP contribution in [0.5, 0.6) is 17.2 Å². The summed E-state index contributed by atoms with van der Waals surface area (Å²) in [7, 11) is -2.00. The van der Waals surface area contributed by atoms with E-state index in [9.17, 15) is 18.5 Å². The van der Waals surface area contributed by atoms with Gasteiger partial charge in [0.2, 0.25) is 5.75 Å². The van der Waals surface area contributed by atoms with Gasteiger partial charge >= 0.3 is 5.69 Å². The summed E-state index contributed by atoms with van der Waals surface area (Å²) >= 11 is 0. The first kappa shape index (κ1) is 17.7. The molecule has 0 aliphatic rings. The van der Waals surface area contributed by atoms with Gasteiger partial charge < -0.3 is 9.47 Å². The molecule has 7 nitrogen and oxygen atoms in total. The predicted octanol–water partition coefficient (Wildman–Crippen LogP) is 3.95. The fraction of sp³-hybridized carbons (Fsp3) is 0.111. The van der Waals surface area contributed by atoms with Crippen molar-refractivity contribution in [2.24, 2.45) is 0 Å². The summed E-state index contributed by atoms with van der Waals surface area (Å²) in [4.78, 5) is 10.5. The van der Waals surface area contributed by atoms with E-state index in [1.165, 1.54) is 12.1 Å². The number of hydrogen-bond acceptors (Lipinski definition) is 6. The minimum atomic E-state index is -3.56. The van der Waals surface area contributed by atoms with Gasteiger partial charge in [0.15, 0.2) is 9.84 Å². The van der Waals surface area contributed by atoms with E-state index in [0.29, 0.717) is 11.5 Å². The van der Waals surface area contributed by atoms with Crippen LogP contribution in [0.2, 0.25) is 0 Å². The molecule has 0 aliphatic carbocycles. The number of nitro groups is 1. The van der Waals surface area contributed by atoms with Gasteiger partial charge in [-0.25, -0.2) is 8.42 Å². The maximum absolute atomic E-state index is 11.6. The number of sulfone groups is 1. The van der Waals surface area contributed by atoms with Gasteiger partial charge in [0.1, 0.15) is 11.5 Å². The average Bonchev–Trinajstić information content (AvgIpc) is 2.60. The summed E-state index contributed by atoms with van der Waals surface area (Å²) < 4.78 is 34.0. The van der Waals surface area contributed by atoms with E-state index in [1.807, 2.05) is 24.3 Å². The minimum absolute atomic E-state index is 0.0374. The second-order valence-corrected chi connectivity index (χ2v) is 7.65. The van der Waals surface area contributed by atoms with Crippen molar-refractivity contribution in [1.29, 1.82) is 0 Å². The monoisotopic (exact) mass is 373 g/mol. The van der Waals surface area contributed by atoms with Gasteiger partial charge in [-0.05, 0) is 47.2 Å². The van der Waals surface area contributed by atoms with Gasteiger partial charge in [-0.3, -0.25) is 10.1 Å². The maximum atomic E-state index is 11.6. The largest absolute Gasteiger partial charge is 0.497 e. The molecule has 0 fully saturated rings. The van der Waals surface area contributed by atoms with E-state index in [-0.39, 0.29) is 10.6 Å². The molecule has 0 atom stereocenters. The van der Waals surface area contributed by atoms with Crippen LogP contribution in [0.4, 0.5) is 5.69 Å². The van der Waals surface area contributed by atoms with Gasteiger partial charge in [0.25, 0.3) is 0 Å². The van der Waals surface area contributed by atoms with Crippen LogP contribution in [0.3, 0.4) is 0 Å². The average molecular weight is 373 g/mol. The van der Waals surface area contributed by atoms with Gasteiger partial charge in [0, 0.05) is 12.3 Å². The quantitative estimate of drug-likeness (QED) is 0.496. The number of fused-ring (bicyclic) bond motifs is 1. The van der Waals surface area contributed by atoms with Crippen molar-refractivity contribution in [3.63, 3.8) is 0 Å². The molecule has 3 rings (SSSR count). The topological polar surface area (TPSA) is 95.7 Å². The lowest BCUT2D eigenvalue weighted by Gasteiger charge is -2.09. The fourth-order valence-corrected chi connectivity index (χ4v) is 3.12. The van der Waals surface area contributed by atoms with Gasteiger partial charge in [-0.1, -0.05) is 12.1 Å². The van der Waals surface area contributed by atoms with Crippen molar-refractivity contribution >= 4 is 26.3 Å². The third kappa shape index (κ3) is 3.60. The standard InChI is InChI=1S/C18H15NO6S/c1-24-14-5-3-12-4-6-15(10-13(12)9-14)25-18-8-7-16(26(2,22)23)11-17(18)19(20)21/h3-11H,1-2H3. The SMILES string of the molecule is COc1ccc2ccc(Oc3ccc(S(C)(=O)=O)cc3[N+](=O)[O-])cc2c1. The molecule has 0 bridgehead atoms. The van der Waals surface area contributed by atoms with Crippen molar-refractivity contribution in [1.82, 2.24) is 0 Å². The fourth-order valence-electron chi connectivity index (χ4n) is 2.48. The molecule has 0 unspecified atom stereocenters. The third-order valence-corrected chi connectivity index (χ3v) is 4.91. The number of methoxy groups -OCH3 is 1. The first-order valence-electron chi connectivity index (χ1n) is 7.52. The highest BCUT2D eigenvalue weighted by Gasteiger charge is 2.20. The Morgan fingerprint density at radius 3 is 2.19 bits per heavy atom. The number of hydrogen-bond donors (Lipinski definition) is 0. The first-order valence-corrected chi connectivity index (χ1v) is 9.41. The van der Waals surface area contributed by atoms with Gasteiger partial charge in [0.05, 0.1) is 16.9 Å². The molecule has 3 aromatic rings. The number of ether oxygens (including phenoxy) is 2. The van der Waals surface area contributed by atoms with Crippen molar-refractivity contribution in [2.45, 2.75) is 4.90 Å². The van der Waals surface area contributed by atoms with Crippen molar-refractivity contribution in [2.75, 3.05) is 13.4 Å². The summed E-state index contributed by atoms with van der Waals surface area (Å²) in [5.41, 5.74) is -0.418. The molecule has 26 heavy (non-hydrogen) atoms. The molecule has 0 aliphatic heterocycles. The number of rotatable bonds is 5. The normalized spacial score (nSPS) is 11.3. The molecule has 0 spiro atoms. The molecule has 0 N–H and O–H groups in total. The summed E-state index contributed by atoms with van der Waals surface area (Å²) in [6.45, 7) is 0. The second-order valence-electron chi connectivity index (χ2n) is 5.64. The Balaban J connectivity index is 2.02. The lowest BCUT2D eigenvalue weighted by atomic mass is 10.1. The zero-order valence-electron chi connectivity index (χ0n) is 14.0. The lowest BCUT2D eigenvalue weighted by Crippen LogP contribution is -2.00. The molecule has 0 amide bonds. The van der Waals surface area contributed by atoms with Crippen LogP contribution in [-0.2, 0) is 9.84 Å². The lowest BCUT2D eigenvalue weighted by molar-refractivity contribution is -0.385. The van der Waals surface area contributed by atoms with E-state index >= 15 is 0 Å². The van der Waals surface area contributed by atoms with Crippen molar-refractivity contribution in [3.8, 4) is 17.2 Å². The Morgan fingerprint density at radius 1 is 0.923 bits per heavy atom. The zero-order chi connectivity index (χ0) is 18.9. The molecule has 0 aromatic heterocycles. The van der Waals surface area contributed by atoms with Gasteiger partial charge in [-0.15, -0.1) is 0 Å². The van der Waals surface area contributed by atoms with Crippen LogP contribution in [0.1, 0.15) is 0 Å². The first-order chi connectivity index (χ1) is 12.3. The Labute approximate surface area is 149 Å². The number of benzene rings is 3. The Bertz CT molecular complexity index is 1110. The molecule has 134 valence electrons. The molecule has 0 radical (unpaired) electrons. The van der Waals surface area contributed by atoms with E-state index in [4.69, 9.17) is 9.47 Å². The molecule has 0 saturated heterocycles. The molecule has 3 aromatic carbocycles. The second kappa shape index (κ2) is 6.64. The van der Waals surface area contributed by atoms with E-state index < -0.39 is 20.4 Å². The molecular weight excluding hydrogens is 358 g/mol. The highest BCUT2D eigenvalue weighted by atomic mass is 32.2. The van der Waals surface area contributed by atoms with Crippen LogP contribution in [-0.4, -0.2) is 26.7 Å². The van der Waals surface area contributed by atoms with E-state index in [1.54, 1.807) is 19.2 Å². The predicted molar refractivity (Wildman–Crippen MR) is 96.8 cm³/mol. The minimum Gasteiger partial charge on any atom is -0.497 e. The Kier molecular flexibility index (Phi) is 4.52. The zero-order valence-corrected chi connectivity index (χ0v) is 14.8. The Hall–Kier alpha value is -3.13. The molecule has 0 saturated carbocycles. The molecule has 0 heterocycles. The van der Waals surface area contributed by atoms with Gasteiger partial charge in [-0.2, -0.15) is 0 Å². The van der Waals surface area contributed by atoms with Crippen molar-refractivity contribution in [3.05, 3.63) is 64.7 Å². The van der Waals surface area contributed by atoms with Crippen LogP contribution in [0.15, 0.2) is 59.5 Å². The highest BCUT2D eigenvalue weighted by Crippen LogP contribution is 2.34. The number of nitrogens with zero attached hydrogens (tertiary/aromatic N) is 1. The summed E-state index contributed by atoms with van der Waals surface area (Å²) in [6, 6.07) is 14.3. The van der Waals surface area contributed by atoms with Crippen LogP contribution in [0.25, 0.3) is 10.8 Å². The Morgan fingerprint density at radius 2 is 1.58 bits per heavy atom. The number of nitro benzene ring substituents is 1. The summed E-state index contributed by atoms with van der Waals surface area (Å²) in [6.07, 6.45) is 0.989. The van der Waals surface area contributed by atoms with Crippen LogP contribution < -0.4 is 9.47 Å². The van der Waals surface area contributed by atoms with Crippen LogP contribution in [0, 0.1) is 10.1 Å². The summed E-state index contributed by atoms with van der Waals surface area (Å²) in [5.74, 6) is 1.03. The van der Waals surface area contributed by atoms with E-state index in [0.717, 1.165) is 23.1 Å². The molecular formula is C18H15NO6S.